The maximum atomic E-state index is 14.0. The van der Waals surface area contributed by atoms with E-state index in [4.69, 9.17) is 9.47 Å². The molecule has 2 aromatic rings. The number of esters is 1. The van der Waals surface area contributed by atoms with Crippen LogP contribution in [0.4, 0.5) is 22.0 Å². The van der Waals surface area contributed by atoms with Crippen LogP contribution in [0.3, 0.4) is 0 Å². The monoisotopic (exact) mass is 495 g/mol. The zero-order valence-corrected chi connectivity index (χ0v) is 18.7. The summed E-state index contributed by atoms with van der Waals surface area (Å²) in [6.07, 6.45) is -0.351. The molecule has 2 aromatic carbocycles. The van der Waals surface area contributed by atoms with Gasteiger partial charge in [0.2, 0.25) is 15.8 Å². The fourth-order valence-electron chi connectivity index (χ4n) is 2.63. The molecule has 1 N–H and O–H groups in total. The number of rotatable bonds is 9. The molecule has 0 aromatic heterocycles. The molecule has 0 aliphatic heterocycles. The molecule has 0 saturated heterocycles. The molecule has 0 bridgehead atoms. The van der Waals surface area contributed by atoms with Gasteiger partial charge in [-0.3, -0.25) is 4.79 Å². The average Bonchev–Trinajstić information content (AvgIpc) is 2.72. The topological polar surface area (TPSA) is 81.7 Å². The van der Waals surface area contributed by atoms with Crippen molar-refractivity contribution >= 4 is 16.0 Å². The summed E-state index contributed by atoms with van der Waals surface area (Å²) < 4.78 is 106. The lowest BCUT2D eigenvalue weighted by Gasteiger charge is -2.24. The van der Waals surface area contributed by atoms with Crippen LogP contribution in [0, 0.1) is 29.1 Å². The molecule has 0 radical (unpaired) electrons. The first-order chi connectivity index (χ1) is 15.2. The van der Waals surface area contributed by atoms with Crippen LogP contribution in [-0.2, 0) is 30.9 Å². The molecule has 0 aliphatic rings. The van der Waals surface area contributed by atoms with Crippen LogP contribution in [-0.4, -0.2) is 32.6 Å². The quantitative estimate of drug-likeness (QED) is 0.187. The van der Waals surface area contributed by atoms with Gasteiger partial charge in [0.05, 0.1) is 6.61 Å². The van der Waals surface area contributed by atoms with Crippen LogP contribution >= 0.6 is 0 Å². The predicted molar refractivity (Wildman–Crippen MR) is 107 cm³/mol. The van der Waals surface area contributed by atoms with Crippen molar-refractivity contribution in [3.05, 3.63) is 65.0 Å². The lowest BCUT2D eigenvalue weighted by molar-refractivity contribution is -0.157. The van der Waals surface area contributed by atoms with Gasteiger partial charge < -0.3 is 9.47 Å². The van der Waals surface area contributed by atoms with E-state index in [1.54, 1.807) is 35.1 Å². The highest BCUT2D eigenvalue weighted by Gasteiger charge is 2.37. The molecule has 0 aliphatic carbocycles. The van der Waals surface area contributed by atoms with Gasteiger partial charge in [-0.05, 0) is 32.8 Å². The van der Waals surface area contributed by atoms with Gasteiger partial charge in [0.1, 0.15) is 11.6 Å². The SMILES string of the molecule is CC(C)(C)OC(=O)[C@H](CCOCc1ccccc1)NS(=O)(=O)c1c(F)c(F)c(F)c(F)c1F. The molecule has 2 rings (SSSR count). The number of sulfonamides is 1. The Morgan fingerprint density at radius 2 is 1.45 bits per heavy atom. The molecule has 0 unspecified atom stereocenters. The fourth-order valence-corrected chi connectivity index (χ4v) is 3.99. The first-order valence-corrected chi connectivity index (χ1v) is 11.1. The second-order valence-electron chi connectivity index (χ2n) is 7.93. The summed E-state index contributed by atoms with van der Waals surface area (Å²) in [6.45, 7) is 4.40. The van der Waals surface area contributed by atoms with E-state index in [0.717, 1.165) is 5.56 Å². The first-order valence-electron chi connectivity index (χ1n) is 9.63. The Balaban J connectivity index is 2.27. The molecular weight excluding hydrogens is 473 g/mol. The van der Waals surface area contributed by atoms with Crippen molar-refractivity contribution in [3.8, 4) is 0 Å². The van der Waals surface area contributed by atoms with Gasteiger partial charge in [0.25, 0.3) is 0 Å². The number of nitrogens with one attached hydrogen (secondary N) is 1. The van der Waals surface area contributed by atoms with E-state index in [1.807, 2.05) is 0 Å². The summed E-state index contributed by atoms with van der Waals surface area (Å²) in [7, 11) is -5.38. The van der Waals surface area contributed by atoms with Crippen LogP contribution < -0.4 is 4.72 Å². The van der Waals surface area contributed by atoms with Crippen LogP contribution in [0.1, 0.15) is 32.8 Å². The minimum atomic E-state index is -5.38. The molecule has 12 heteroatoms. The van der Waals surface area contributed by atoms with Crippen LogP contribution in [0.5, 0.6) is 0 Å². The summed E-state index contributed by atoms with van der Waals surface area (Å²) in [6, 6.07) is 7.10. The van der Waals surface area contributed by atoms with E-state index in [-0.39, 0.29) is 19.6 Å². The molecule has 6 nitrogen and oxygen atoms in total. The van der Waals surface area contributed by atoms with Crippen molar-refractivity contribution in [1.29, 1.82) is 0 Å². The fraction of sp³-hybridized carbons (Fsp3) is 0.381. The Labute approximate surface area is 187 Å². The van der Waals surface area contributed by atoms with E-state index < -0.39 is 61.6 Å². The predicted octanol–water partition coefficient (Wildman–Crippen LogP) is 3.98. The Morgan fingerprint density at radius 3 is 1.97 bits per heavy atom. The van der Waals surface area contributed by atoms with Crippen molar-refractivity contribution in [2.24, 2.45) is 0 Å². The van der Waals surface area contributed by atoms with E-state index in [2.05, 4.69) is 0 Å². The smallest absolute Gasteiger partial charge is 0.324 e. The van der Waals surface area contributed by atoms with Gasteiger partial charge in [-0.25, -0.2) is 30.4 Å². The number of carbonyl (C=O) groups excluding carboxylic acids is 1. The largest absolute Gasteiger partial charge is 0.459 e. The standard InChI is InChI=1S/C21H22F5NO5S/c1-21(2,3)32-20(28)13(9-10-31-11-12-7-5-4-6-8-12)27-33(29,30)19-17(25)15(23)14(22)16(24)18(19)26/h4-8,13,27H,9-11H2,1-3H3/t13-/m0/s1. The number of carbonyl (C=O) groups is 1. The van der Waals surface area contributed by atoms with E-state index >= 15 is 0 Å². The maximum Gasteiger partial charge on any atom is 0.324 e. The zero-order chi connectivity index (χ0) is 25.0. The van der Waals surface area contributed by atoms with Crippen molar-refractivity contribution in [2.45, 2.75) is 50.3 Å². The number of hydrogen-bond donors (Lipinski definition) is 1. The molecule has 0 saturated carbocycles. The zero-order valence-electron chi connectivity index (χ0n) is 17.9. The molecule has 0 fully saturated rings. The number of hydrogen-bond acceptors (Lipinski definition) is 5. The van der Waals surface area contributed by atoms with E-state index in [1.165, 1.54) is 20.8 Å². The summed E-state index contributed by atoms with van der Waals surface area (Å²) >= 11 is 0. The Morgan fingerprint density at radius 1 is 0.939 bits per heavy atom. The highest BCUT2D eigenvalue weighted by molar-refractivity contribution is 7.89. The van der Waals surface area contributed by atoms with E-state index in [0.29, 0.717) is 0 Å². The van der Waals surface area contributed by atoms with Crippen molar-refractivity contribution < 1.29 is 44.6 Å². The molecule has 182 valence electrons. The van der Waals surface area contributed by atoms with Crippen molar-refractivity contribution in [1.82, 2.24) is 4.72 Å². The Hall–Kier alpha value is -2.57. The van der Waals surface area contributed by atoms with Crippen LogP contribution in [0.15, 0.2) is 35.2 Å². The first kappa shape index (κ1) is 26.7. The van der Waals surface area contributed by atoms with Gasteiger partial charge >= 0.3 is 5.97 Å². The Bertz CT molecular complexity index is 1080. The van der Waals surface area contributed by atoms with Gasteiger partial charge in [-0.15, -0.1) is 0 Å². The summed E-state index contributed by atoms with van der Waals surface area (Å²) in [5, 5.41) is 0. The summed E-state index contributed by atoms with van der Waals surface area (Å²) in [5.74, 6) is -13.6. The number of halogens is 5. The molecule has 0 spiro atoms. The second kappa shape index (κ2) is 10.6. The van der Waals surface area contributed by atoms with Crippen molar-refractivity contribution in [2.75, 3.05) is 6.61 Å². The van der Waals surface area contributed by atoms with Gasteiger partial charge in [0.15, 0.2) is 28.2 Å². The normalized spacial score (nSPS) is 13.1. The highest BCUT2D eigenvalue weighted by atomic mass is 32.2. The molecular formula is C21H22F5NO5S. The van der Waals surface area contributed by atoms with Gasteiger partial charge in [-0.2, -0.15) is 4.72 Å². The Kier molecular flexibility index (Phi) is 8.55. The maximum absolute atomic E-state index is 14.0. The van der Waals surface area contributed by atoms with Crippen LogP contribution in [0.2, 0.25) is 0 Å². The van der Waals surface area contributed by atoms with Crippen LogP contribution in [0.25, 0.3) is 0 Å². The highest BCUT2D eigenvalue weighted by Crippen LogP contribution is 2.27. The minimum Gasteiger partial charge on any atom is -0.459 e. The van der Waals surface area contributed by atoms with Gasteiger partial charge in [0, 0.05) is 6.61 Å². The third-order valence-electron chi connectivity index (χ3n) is 4.09. The third kappa shape index (κ3) is 6.95. The van der Waals surface area contributed by atoms with E-state index in [9.17, 15) is 35.2 Å². The molecule has 0 amide bonds. The van der Waals surface area contributed by atoms with Gasteiger partial charge in [-0.1, -0.05) is 30.3 Å². The van der Waals surface area contributed by atoms with Crippen molar-refractivity contribution in [3.63, 3.8) is 0 Å². The molecule has 1 atom stereocenters. The average molecular weight is 495 g/mol. The third-order valence-corrected chi connectivity index (χ3v) is 5.58. The minimum absolute atomic E-state index is 0.117. The summed E-state index contributed by atoms with van der Waals surface area (Å²) in [5.41, 5.74) is -0.274. The summed E-state index contributed by atoms with van der Waals surface area (Å²) in [4.78, 5) is 10.4. The lowest BCUT2D eigenvalue weighted by Crippen LogP contribution is -2.45. The number of ether oxygens (including phenoxy) is 2. The number of benzene rings is 2. The lowest BCUT2D eigenvalue weighted by atomic mass is 10.1. The molecule has 0 heterocycles. The second-order valence-corrected chi connectivity index (χ2v) is 9.58. The molecule has 33 heavy (non-hydrogen) atoms.